The first-order valence-electron chi connectivity index (χ1n) is 10.8. The van der Waals surface area contributed by atoms with E-state index in [2.05, 4.69) is 69.0 Å². The lowest BCUT2D eigenvalue weighted by molar-refractivity contribution is -0.140. The zero-order chi connectivity index (χ0) is 22.6. The molecule has 0 fully saturated rings. The number of hydrogen-bond donors (Lipinski definition) is 2. The van der Waals surface area contributed by atoms with Crippen molar-refractivity contribution in [3.8, 4) is 0 Å². The molecule has 0 bridgehead atoms. The second kappa shape index (κ2) is 9.52. The molecule has 2 aromatic carbocycles. The van der Waals surface area contributed by atoms with Crippen LogP contribution in [0.3, 0.4) is 0 Å². The molecule has 0 unspecified atom stereocenters. The van der Waals surface area contributed by atoms with Crippen LogP contribution in [0.5, 0.6) is 0 Å². The van der Waals surface area contributed by atoms with E-state index in [0.717, 1.165) is 30.8 Å². The number of anilines is 1. The molecule has 0 radical (unpaired) electrons. The molecule has 2 amide bonds. The van der Waals surface area contributed by atoms with Crippen LogP contribution in [-0.4, -0.2) is 49.4 Å². The van der Waals surface area contributed by atoms with Gasteiger partial charge in [-0.3, -0.25) is 14.5 Å². The number of hydrogen-bond acceptors (Lipinski definition) is 4. The molecule has 2 N–H and O–H groups in total. The van der Waals surface area contributed by atoms with Gasteiger partial charge in [-0.15, -0.1) is 0 Å². The number of carbonyl (C=O) groups excluding carboxylic acids is 2. The van der Waals surface area contributed by atoms with E-state index in [1.807, 2.05) is 34.9 Å². The molecular formula is C25H34N4O2. The third kappa shape index (κ3) is 6.07. The summed E-state index contributed by atoms with van der Waals surface area (Å²) in [5.74, 6) is -1.19. The molecule has 6 heteroatoms. The van der Waals surface area contributed by atoms with Gasteiger partial charge >= 0.3 is 11.8 Å². The van der Waals surface area contributed by atoms with E-state index < -0.39 is 17.4 Å². The van der Waals surface area contributed by atoms with Crippen molar-refractivity contribution in [2.24, 2.45) is 0 Å². The topological polar surface area (TPSA) is 64.7 Å². The second-order valence-corrected chi connectivity index (χ2v) is 9.41. The van der Waals surface area contributed by atoms with Crippen LogP contribution in [0.25, 0.3) is 0 Å². The van der Waals surface area contributed by atoms with Crippen molar-refractivity contribution in [2.45, 2.75) is 45.3 Å². The molecule has 6 nitrogen and oxygen atoms in total. The van der Waals surface area contributed by atoms with E-state index in [9.17, 15) is 9.59 Å². The number of carbonyl (C=O) groups is 2. The summed E-state index contributed by atoms with van der Waals surface area (Å²) in [6, 6.07) is 16.9. The van der Waals surface area contributed by atoms with Crippen LogP contribution < -0.4 is 15.5 Å². The van der Waals surface area contributed by atoms with Crippen LogP contribution in [0, 0.1) is 0 Å². The molecule has 0 spiro atoms. The van der Waals surface area contributed by atoms with Crippen LogP contribution in [0.2, 0.25) is 0 Å². The Labute approximate surface area is 185 Å². The summed E-state index contributed by atoms with van der Waals surface area (Å²) < 4.78 is 0. The standard InChI is InChI=1S/C25H34N4O2/c1-25(2,3)27-24(31)23(30)26-16-22(19-10-12-21(13-11-19)28(4)5)29-15-14-18-8-6-7-9-20(18)17-29/h6-13,22H,14-17H2,1-5H3,(H,26,30)(H,27,31)/t22-/m0/s1. The average molecular weight is 423 g/mol. The summed E-state index contributed by atoms with van der Waals surface area (Å²) in [5, 5.41) is 5.58. The largest absolute Gasteiger partial charge is 0.378 e. The average Bonchev–Trinajstić information content (AvgIpc) is 2.72. The Morgan fingerprint density at radius 1 is 1.00 bits per heavy atom. The monoisotopic (exact) mass is 422 g/mol. The smallest absolute Gasteiger partial charge is 0.309 e. The minimum Gasteiger partial charge on any atom is -0.378 e. The van der Waals surface area contributed by atoms with Crippen molar-refractivity contribution in [1.82, 2.24) is 15.5 Å². The van der Waals surface area contributed by atoms with Gasteiger partial charge < -0.3 is 15.5 Å². The summed E-state index contributed by atoms with van der Waals surface area (Å²) in [7, 11) is 4.03. The Balaban J connectivity index is 1.78. The summed E-state index contributed by atoms with van der Waals surface area (Å²) in [6.07, 6.45) is 0.973. The number of benzene rings is 2. The number of nitrogens with zero attached hydrogens (tertiary/aromatic N) is 2. The van der Waals surface area contributed by atoms with Gasteiger partial charge in [-0.2, -0.15) is 0 Å². The van der Waals surface area contributed by atoms with Gasteiger partial charge in [0.15, 0.2) is 0 Å². The van der Waals surface area contributed by atoms with Crippen LogP contribution in [0.4, 0.5) is 5.69 Å². The molecule has 0 aromatic heterocycles. The summed E-state index contributed by atoms with van der Waals surface area (Å²) in [5.41, 5.74) is 4.50. The van der Waals surface area contributed by atoms with E-state index >= 15 is 0 Å². The van der Waals surface area contributed by atoms with E-state index in [4.69, 9.17) is 0 Å². The molecule has 0 aliphatic carbocycles. The van der Waals surface area contributed by atoms with E-state index in [1.54, 1.807) is 0 Å². The molecule has 1 aliphatic heterocycles. The SMILES string of the molecule is CN(C)c1ccc([C@H](CNC(=O)C(=O)NC(C)(C)C)N2CCc3ccccc3C2)cc1. The third-order valence-electron chi connectivity index (χ3n) is 5.55. The first-order valence-corrected chi connectivity index (χ1v) is 10.8. The lowest BCUT2D eigenvalue weighted by Gasteiger charge is -2.36. The van der Waals surface area contributed by atoms with Crippen molar-refractivity contribution in [3.05, 3.63) is 65.2 Å². The van der Waals surface area contributed by atoms with Gasteiger partial charge in [-0.25, -0.2) is 0 Å². The van der Waals surface area contributed by atoms with Gasteiger partial charge in [0, 0.05) is 45.0 Å². The Morgan fingerprint density at radius 2 is 1.65 bits per heavy atom. The van der Waals surface area contributed by atoms with Gasteiger partial charge in [0.2, 0.25) is 0 Å². The van der Waals surface area contributed by atoms with E-state index in [0.29, 0.717) is 6.54 Å². The predicted octanol–water partition coefficient (Wildman–Crippen LogP) is 2.88. The maximum Gasteiger partial charge on any atom is 0.309 e. The first kappa shape index (κ1) is 22.8. The fourth-order valence-electron chi connectivity index (χ4n) is 3.90. The molecule has 1 atom stereocenters. The minimum atomic E-state index is -0.599. The van der Waals surface area contributed by atoms with Gasteiger partial charge in [0.1, 0.15) is 0 Å². The third-order valence-corrected chi connectivity index (χ3v) is 5.55. The normalized spacial score (nSPS) is 15.0. The van der Waals surface area contributed by atoms with Crippen molar-refractivity contribution in [1.29, 1.82) is 0 Å². The van der Waals surface area contributed by atoms with Crippen molar-refractivity contribution >= 4 is 17.5 Å². The van der Waals surface area contributed by atoms with Gasteiger partial charge in [-0.1, -0.05) is 36.4 Å². The Hall–Kier alpha value is -2.86. The first-order chi connectivity index (χ1) is 14.6. The number of nitrogens with one attached hydrogen (secondary N) is 2. The zero-order valence-corrected chi connectivity index (χ0v) is 19.2. The van der Waals surface area contributed by atoms with Crippen LogP contribution in [0.15, 0.2) is 48.5 Å². The zero-order valence-electron chi connectivity index (χ0n) is 19.2. The molecule has 166 valence electrons. The maximum atomic E-state index is 12.4. The second-order valence-electron chi connectivity index (χ2n) is 9.41. The van der Waals surface area contributed by atoms with Crippen LogP contribution >= 0.6 is 0 Å². The van der Waals surface area contributed by atoms with Crippen molar-refractivity contribution in [2.75, 3.05) is 32.1 Å². The molecule has 1 heterocycles. The Bertz CT molecular complexity index is 916. The maximum absolute atomic E-state index is 12.4. The van der Waals surface area contributed by atoms with Crippen molar-refractivity contribution in [3.63, 3.8) is 0 Å². The van der Waals surface area contributed by atoms with Crippen LogP contribution in [-0.2, 0) is 22.6 Å². The molecular weight excluding hydrogens is 388 g/mol. The molecule has 2 aromatic rings. The summed E-state index contributed by atoms with van der Waals surface area (Å²) in [4.78, 5) is 29.1. The van der Waals surface area contributed by atoms with Gasteiger partial charge in [0.25, 0.3) is 0 Å². The quantitative estimate of drug-likeness (QED) is 0.728. The lowest BCUT2D eigenvalue weighted by atomic mass is 9.96. The number of amides is 2. The highest BCUT2D eigenvalue weighted by molar-refractivity contribution is 6.35. The predicted molar refractivity (Wildman–Crippen MR) is 125 cm³/mol. The Morgan fingerprint density at radius 3 is 2.26 bits per heavy atom. The lowest BCUT2D eigenvalue weighted by Crippen LogP contribution is -2.49. The van der Waals surface area contributed by atoms with Crippen LogP contribution in [0.1, 0.15) is 43.5 Å². The molecule has 3 rings (SSSR count). The van der Waals surface area contributed by atoms with E-state index in [-0.39, 0.29) is 6.04 Å². The highest BCUT2D eigenvalue weighted by atomic mass is 16.2. The number of fused-ring (bicyclic) bond motifs is 1. The molecule has 0 saturated heterocycles. The van der Waals surface area contributed by atoms with Gasteiger partial charge in [-0.05, 0) is 56.0 Å². The highest BCUT2D eigenvalue weighted by Crippen LogP contribution is 2.28. The summed E-state index contributed by atoms with van der Waals surface area (Å²) >= 11 is 0. The van der Waals surface area contributed by atoms with Gasteiger partial charge in [0.05, 0.1) is 6.04 Å². The number of rotatable bonds is 5. The molecule has 0 saturated carbocycles. The summed E-state index contributed by atoms with van der Waals surface area (Å²) in [6.45, 7) is 7.68. The molecule has 1 aliphatic rings. The van der Waals surface area contributed by atoms with Crippen molar-refractivity contribution < 1.29 is 9.59 Å². The highest BCUT2D eigenvalue weighted by Gasteiger charge is 2.27. The van der Waals surface area contributed by atoms with E-state index in [1.165, 1.54) is 11.1 Å². The minimum absolute atomic E-state index is 0.0176. The fourth-order valence-corrected chi connectivity index (χ4v) is 3.90. The fraction of sp³-hybridized carbons (Fsp3) is 0.440. The molecule has 31 heavy (non-hydrogen) atoms. The Kier molecular flexibility index (Phi) is 7.01.